The molecule has 4 heteroatoms. The summed E-state index contributed by atoms with van der Waals surface area (Å²) >= 11 is 1.54. The van der Waals surface area contributed by atoms with Gasteiger partial charge < -0.3 is 0 Å². The van der Waals surface area contributed by atoms with Gasteiger partial charge in [-0.1, -0.05) is 88.3 Å². The fourth-order valence-electron chi connectivity index (χ4n) is 3.18. The van der Waals surface area contributed by atoms with Gasteiger partial charge in [-0.05, 0) is 30.0 Å². The predicted octanol–water partition coefficient (Wildman–Crippen LogP) is 7.57. The molecule has 0 heterocycles. The van der Waals surface area contributed by atoms with Crippen LogP contribution in [0.3, 0.4) is 0 Å². The number of hydrogen-bond donors (Lipinski definition) is 0. The Morgan fingerprint density at radius 3 is 2.19 bits per heavy atom. The molecule has 0 radical (unpaired) electrons. The standard InChI is InChI=1S/C23H31NO2S/c1-2-3-4-5-6-7-8-10-13-20-16-17-23(22(18-20)24(25)26)27-19-21-14-11-9-12-15-21/h9,11-12,14-18H,2-8,10,13,19H2,1H3. The molecule has 0 N–H and O–H groups in total. The van der Waals surface area contributed by atoms with Gasteiger partial charge in [-0.25, -0.2) is 0 Å². The Bertz CT molecular complexity index is 688. The Balaban J connectivity index is 1.81. The number of hydrogen-bond acceptors (Lipinski definition) is 3. The Morgan fingerprint density at radius 2 is 1.52 bits per heavy atom. The van der Waals surface area contributed by atoms with Gasteiger partial charge >= 0.3 is 0 Å². The molecule has 0 fully saturated rings. The molecule has 0 spiro atoms. The van der Waals surface area contributed by atoms with Crippen molar-refractivity contribution >= 4 is 17.4 Å². The molecule has 0 bridgehead atoms. The van der Waals surface area contributed by atoms with Crippen LogP contribution in [-0.4, -0.2) is 4.92 Å². The van der Waals surface area contributed by atoms with Gasteiger partial charge in [0.2, 0.25) is 0 Å². The predicted molar refractivity (Wildman–Crippen MR) is 115 cm³/mol. The summed E-state index contributed by atoms with van der Waals surface area (Å²) in [4.78, 5) is 12.0. The largest absolute Gasteiger partial charge is 0.283 e. The summed E-state index contributed by atoms with van der Waals surface area (Å²) in [6.07, 6.45) is 11.2. The molecule has 2 aromatic carbocycles. The summed E-state index contributed by atoms with van der Waals surface area (Å²) in [5.41, 5.74) is 2.50. The lowest BCUT2D eigenvalue weighted by molar-refractivity contribution is -0.387. The van der Waals surface area contributed by atoms with Crippen LogP contribution >= 0.6 is 11.8 Å². The monoisotopic (exact) mass is 385 g/mol. The zero-order valence-corrected chi connectivity index (χ0v) is 17.2. The van der Waals surface area contributed by atoms with Gasteiger partial charge in [0.25, 0.3) is 5.69 Å². The normalized spacial score (nSPS) is 10.9. The maximum absolute atomic E-state index is 11.5. The molecule has 0 aliphatic rings. The molecule has 27 heavy (non-hydrogen) atoms. The second-order valence-corrected chi connectivity index (χ2v) is 8.08. The number of thioether (sulfide) groups is 1. The molecule has 0 aliphatic carbocycles. The van der Waals surface area contributed by atoms with E-state index >= 15 is 0 Å². The molecule has 2 aromatic rings. The van der Waals surface area contributed by atoms with Crippen molar-refractivity contribution in [3.8, 4) is 0 Å². The van der Waals surface area contributed by atoms with Crippen molar-refractivity contribution < 1.29 is 4.92 Å². The molecule has 146 valence electrons. The highest BCUT2D eigenvalue weighted by atomic mass is 32.2. The van der Waals surface area contributed by atoms with Crippen molar-refractivity contribution in [3.05, 3.63) is 69.8 Å². The Labute approximate surface area is 167 Å². The van der Waals surface area contributed by atoms with Gasteiger partial charge in [-0.15, -0.1) is 11.8 Å². The number of nitrogens with zero attached hydrogens (tertiary/aromatic N) is 1. The lowest BCUT2D eigenvalue weighted by Crippen LogP contribution is -1.94. The molecule has 0 aromatic heterocycles. The van der Waals surface area contributed by atoms with Crippen LogP contribution in [0.2, 0.25) is 0 Å². The van der Waals surface area contributed by atoms with Crippen molar-refractivity contribution in [2.24, 2.45) is 0 Å². The average molecular weight is 386 g/mol. The van der Waals surface area contributed by atoms with Crippen LogP contribution in [0.5, 0.6) is 0 Å². The van der Waals surface area contributed by atoms with E-state index in [1.54, 1.807) is 6.07 Å². The SMILES string of the molecule is CCCCCCCCCCc1ccc(SCc2ccccc2)c([N+](=O)[O-])c1. The van der Waals surface area contributed by atoms with Gasteiger partial charge in [0, 0.05) is 11.8 Å². The van der Waals surface area contributed by atoms with Crippen LogP contribution in [0.15, 0.2) is 53.4 Å². The van der Waals surface area contributed by atoms with Gasteiger partial charge in [0.1, 0.15) is 0 Å². The van der Waals surface area contributed by atoms with E-state index in [2.05, 4.69) is 25.1 Å². The first-order chi connectivity index (χ1) is 13.2. The first kappa shape index (κ1) is 21.5. The second kappa shape index (κ2) is 12.6. The van der Waals surface area contributed by atoms with E-state index < -0.39 is 0 Å². The van der Waals surface area contributed by atoms with Gasteiger partial charge in [-0.3, -0.25) is 10.1 Å². The summed E-state index contributed by atoms with van der Waals surface area (Å²) in [5.74, 6) is 0.749. The lowest BCUT2D eigenvalue weighted by Gasteiger charge is -2.07. The highest BCUT2D eigenvalue weighted by Gasteiger charge is 2.15. The topological polar surface area (TPSA) is 43.1 Å². The molecule has 0 atom stereocenters. The Morgan fingerprint density at radius 1 is 0.852 bits per heavy atom. The van der Waals surface area contributed by atoms with E-state index in [1.807, 2.05) is 24.3 Å². The third-order valence-electron chi connectivity index (χ3n) is 4.78. The number of benzene rings is 2. The molecule has 3 nitrogen and oxygen atoms in total. The van der Waals surface area contributed by atoms with Crippen LogP contribution in [0.1, 0.15) is 69.4 Å². The minimum atomic E-state index is -0.245. The zero-order valence-electron chi connectivity index (χ0n) is 16.4. The minimum absolute atomic E-state index is 0.244. The van der Waals surface area contributed by atoms with Crippen molar-refractivity contribution in [1.82, 2.24) is 0 Å². The number of nitro benzene ring substituents is 1. The van der Waals surface area contributed by atoms with Crippen molar-refractivity contribution in [2.45, 2.75) is 75.4 Å². The molecule has 0 saturated carbocycles. The van der Waals surface area contributed by atoms with E-state index in [0.29, 0.717) is 0 Å². The Hall–Kier alpha value is -1.81. The smallest absolute Gasteiger partial charge is 0.258 e. The van der Waals surface area contributed by atoms with E-state index in [-0.39, 0.29) is 10.6 Å². The molecule has 0 saturated heterocycles. The zero-order chi connectivity index (χ0) is 19.3. The number of nitro groups is 1. The summed E-state index contributed by atoms with van der Waals surface area (Å²) in [7, 11) is 0. The third-order valence-corrected chi connectivity index (χ3v) is 5.91. The van der Waals surface area contributed by atoms with Crippen LogP contribution in [0.25, 0.3) is 0 Å². The average Bonchev–Trinajstić information content (AvgIpc) is 2.69. The molecule has 0 unspecified atom stereocenters. The third kappa shape index (κ3) is 8.17. The fourth-order valence-corrected chi connectivity index (χ4v) is 4.14. The van der Waals surface area contributed by atoms with E-state index in [1.165, 1.54) is 62.3 Å². The van der Waals surface area contributed by atoms with Crippen LogP contribution < -0.4 is 0 Å². The maximum atomic E-state index is 11.5. The van der Waals surface area contributed by atoms with E-state index in [0.717, 1.165) is 29.1 Å². The first-order valence-electron chi connectivity index (χ1n) is 10.1. The van der Waals surface area contributed by atoms with Crippen LogP contribution in [0, 0.1) is 10.1 Å². The summed E-state index contributed by atoms with van der Waals surface area (Å²) < 4.78 is 0. The van der Waals surface area contributed by atoms with Crippen molar-refractivity contribution in [1.29, 1.82) is 0 Å². The molecular weight excluding hydrogens is 354 g/mol. The number of aryl methyl sites for hydroxylation is 1. The van der Waals surface area contributed by atoms with Crippen molar-refractivity contribution in [2.75, 3.05) is 0 Å². The molecule has 0 aliphatic heterocycles. The van der Waals surface area contributed by atoms with Crippen LogP contribution in [-0.2, 0) is 12.2 Å². The lowest BCUT2D eigenvalue weighted by atomic mass is 10.0. The minimum Gasteiger partial charge on any atom is -0.258 e. The van der Waals surface area contributed by atoms with Gasteiger partial charge in [-0.2, -0.15) is 0 Å². The molecule has 2 rings (SSSR count). The van der Waals surface area contributed by atoms with Crippen molar-refractivity contribution in [3.63, 3.8) is 0 Å². The molecule has 0 amide bonds. The quantitative estimate of drug-likeness (QED) is 0.154. The van der Waals surface area contributed by atoms with Crippen LogP contribution in [0.4, 0.5) is 5.69 Å². The first-order valence-corrected chi connectivity index (χ1v) is 11.1. The maximum Gasteiger partial charge on any atom is 0.283 e. The second-order valence-electron chi connectivity index (χ2n) is 7.06. The summed E-state index contributed by atoms with van der Waals surface area (Å²) in [6, 6.07) is 15.8. The number of rotatable bonds is 13. The number of unbranched alkanes of at least 4 members (excludes halogenated alkanes) is 7. The van der Waals surface area contributed by atoms with E-state index in [9.17, 15) is 10.1 Å². The summed E-state index contributed by atoms with van der Waals surface area (Å²) in [6.45, 7) is 2.24. The summed E-state index contributed by atoms with van der Waals surface area (Å²) in [5, 5.41) is 11.5. The van der Waals surface area contributed by atoms with Gasteiger partial charge in [0.05, 0.1) is 9.82 Å². The highest BCUT2D eigenvalue weighted by molar-refractivity contribution is 7.98. The highest BCUT2D eigenvalue weighted by Crippen LogP contribution is 2.32. The Kier molecular flexibility index (Phi) is 9.99. The van der Waals surface area contributed by atoms with E-state index in [4.69, 9.17) is 0 Å². The molecular formula is C23H31NO2S. The van der Waals surface area contributed by atoms with Gasteiger partial charge in [0.15, 0.2) is 0 Å². The fraction of sp³-hybridized carbons (Fsp3) is 0.478.